The Morgan fingerprint density at radius 1 is 1.24 bits per heavy atom. The second-order valence-corrected chi connectivity index (χ2v) is 10.4. The Labute approximate surface area is 162 Å². The summed E-state index contributed by atoms with van der Waals surface area (Å²) < 4.78 is 27.6. The van der Waals surface area contributed by atoms with Crippen LogP contribution in [0, 0.1) is 5.41 Å². The van der Waals surface area contributed by atoms with Gasteiger partial charge in [-0.1, -0.05) is 48.3 Å². The molecule has 0 bridgehead atoms. The summed E-state index contributed by atoms with van der Waals surface area (Å²) in [7, 11) is -3.67. The fourth-order valence-corrected chi connectivity index (χ4v) is 4.84. The third-order valence-corrected chi connectivity index (χ3v) is 6.68. The van der Waals surface area contributed by atoms with Gasteiger partial charge in [-0.2, -0.15) is 4.31 Å². The van der Waals surface area contributed by atoms with Crippen LogP contribution < -0.4 is 5.32 Å². The highest BCUT2D eigenvalue weighted by molar-refractivity contribution is 9.10. The summed E-state index contributed by atoms with van der Waals surface area (Å²) >= 11 is 9.35. The van der Waals surface area contributed by atoms with Crippen LogP contribution in [0.15, 0.2) is 27.6 Å². The van der Waals surface area contributed by atoms with Crippen molar-refractivity contribution in [1.29, 1.82) is 0 Å². The van der Waals surface area contributed by atoms with Crippen molar-refractivity contribution in [2.75, 3.05) is 32.7 Å². The second kappa shape index (κ2) is 7.82. The number of hydrogen-bond donors (Lipinski definition) is 1. The van der Waals surface area contributed by atoms with Crippen molar-refractivity contribution in [3.63, 3.8) is 0 Å². The Bertz CT molecular complexity index is 741. The number of rotatable bonds is 3. The molecule has 0 unspecified atom stereocenters. The predicted molar refractivity (Wildman–Crippen MR) is 102 cm³/mol. The van der Waals surface area contributed by atoms with Gasteiger partial charge in [0.05, 0.1) is 5.02 Å². The van der Waals surface area contributed by atoms with Gasteiger partial charge in [0.1, 0.15) is 4.90 Å². The van der Waals surface area contributed by atoms with Crippen molar-refractivity contribution in [2.24, 2.45) is 5.41 Å². The maximum absolute atomic E-state index is 12.8. The molecule has 0 radical (unpaired) electrons. The van der Waals surface area contributed by atoms with Crippen LogP contribution in [0.3, 0.4) is 0 Å². The first-order chi connectivity index (χ1) is 11.5. The van der Waals surface area contributed by atoms with E-state index in [2.05, 4.69) is 21.2 Å². The predicted octanol–water partition coefficient (Wildman–Crippen LogP) is 3.16. The van der Waals surface area contributed by atoms with Crippen molar-refractivity contribution >= 4 is 43.6 Å². The first kappa shape index (κ1) is 20.5. The summed E-state index contributed by atoms with van der Waals surface area (Å²) in [5.41, 5.74) is -0.000840. The Kier molecular flexibility index (Phi) is 6.40. The number of carbonyl (C=O) groups is 1. The molecule has 1 aromatic rings. The number of hydrogen-bond acceptors (Lipinski definition) is 3. The van der Waals surface area contributed by atoms with Gasteiger partial charge in [0.2, 0.25) is 10.0 Å². The van der Waals surface area contributed by atoms with Gasteiger partial charge in [-0.15, -0.1) is 0 Å². The van der Waals surface area contributed by atoms with Crippen molar-refractivity contribution in [3.8, 4) is 0 Å². The highest BCUT2D eigenvalue weighted by Gasteiger charge is 2.31. The smallest absolute Gasteiger partial charge is 0.317 e. The first-order valence-electron chi connectivity index (χ1n) is 7.99. The van der Waals surface area contributed by atoms with E-state index in [0.717, 1.165) is 4.47 Å². The molecule has 1 aliphatic heterocycles. The lowest BCUT2D eigenvalue weighted by molar-refractivity contribution is 0.169. The zero-order chi connectivity index (χ0) is 18.8. The molecule has 1 fully saturated rings. The minimum atomic E-state index is -3.67. The summed E-state index contributed by atoms with van der Waals surface area (Å²) in [6, 6.07) is 4.54. The summed E-state index contributed by atoms with van der Waals surface area (Å²) in [5.74, 6) is 0. The van der Waals surface area contributed by atoms with E-state index in [4.69, 9.17) is 11.6 Å². The van der Waals surface area contributed by atoms with Crippen LogP contribution in [-0.4, -0.2) is 56.4 Å². The molecule has 1 N–H and O–H groups in total. The van der Waals surface area contributed by atoms with E-state index in [1.54, 1.807) is 17.0 Å². The molecule has 1 aromatic carbocycles. The Morgan fingerprint density at radius 2 is 1.84 bits per heavy atom. The maximum Gasteiger partial charge on any atom is 0.317 e. The van der Waals surface area contributed by atoms with E-state index in [0.29, 0.717) is 19.6 Å². The van der Waals surface area contributed by atoms with Crippen LogP contribution in [-0.2, 0) is 10.0 Å². The van der Waals surface area contributed by atoms with Gasteiger partial charge in [-0.05, 0) is 23.6 Å². The van der Waals surface area contributed by atoms with Crippen LogP contribution in [0.4, 0.5) is 4.79 Å². The molecular formula is C16H23BrClN3O3S. The number of nitrogens with zero attached hydrogens (tertiary/aromatic N) is 2. The van der Waals surface area contributed by atoms with Crippen LogP contribution in [0.25, 0.3) is 0 Å². The number of piperazine rings is 1. The van der Waals surface area contributed by atoms with Gasteiger partial charge in [0.15, 0.2) is 0 Å². The first-order valence-corrected chi connectivity index (χ1v) is 10.6. The minimum Gasteiger partial charge on any atom is -0.337 e. The molecule has 2 amide bonds. The molecule has 0 aliphatic carbocycles. The SMILES string of the molecule is CC(C)(C)CNC(=O)N1CCN(S(=O)(=O)c2ccc(Br)cc2Cl)CC1. The van der Waals surface area contributed by atoms with Crippen LogP contribution in [0.2, 0.25) is 5.02 Å². The van der Waals surface area contributed by atoms with Crippen molar-refractivity contribution < 1.29 is 13.2 Å². The van der Waals surface area contributed by atoms with Crippen molar-refractivity contribution in [3.05, 3.63) is 27.7 Å². The molecule has 1 saturated heterocycles. The fraction of sp³-hybridized carbons (Fsp3) is 0.562. The molecule has 1 aliphatic rings. The topological polar surface area (TPSA) is 69.7 Å². The van der Waals surface area contributed by atoms with E-state index in [1.807, 2.05) is 20.8 Å². The summed E-state index contributed by atoms with van der Waals surface area (Å²) in [5, 5.41) is 3.07. The molecule has 6 nitrogen and oxygen atoms in total. The van der Waals surface area contributed by atoms with E-state index >= 15 is 0 Å². The van der Waals surface area contributed by atoms with Crippen molar-refractivity contribution in [2.45, 2.75) is 25.7 Å². The van der Waals surface area contributed by atoms with Gasteiger partial charge < -0.3 is 10.2 Å². The van der Waals surface area contributed by atoms with Gasteiger partial charge in [-0.3, -0.25) is 0 Å². The fourth-order valence-electron chi connectivity index (χ4n) is 2.41. The Balaban J connectivity index is 2.00. The van der Waals surface area contributed by atoms with E-state index in [9.17, 15) is 13.2 Å². The number of amides is 2. The van der Waals surface area contributed by atoms with Gasteiger partial charge >= 0.3 is 6.03 Å². The summed E-state index contributed by atoms with van der Waals surface area (Å²) in [6.45, 7) is 7.89. The average molecular weight is 453 g/mol. The Hall–Kier alpha value is -0.830. The number of urea groups is 1. The van der Waals surface area contributed by atoms with Gasteiger partial charge in [-0.25, -0.2) is 13.2 Å². The Morgan fingerprint density at radius 3 is 2.36 bits per heavy atom. The number of nitrogens with one attached hydrogen (secondary N) is 1. The molecule has 2 rings (SSSR count). The molecule has 0 atom stereocenters. The largest absolute Gasteiger partial charge is 0.337 e. The van der Waals surface area contributed by atoms with Crippen LogP contribution in [0.1, 0.15) is 20.8 Å². The van der Waals surface area contributed by atoms with E-state index < -0.39 is 10.0 Å². The second-order valence-electron chi connectivity index (χ2n) is 7.19. The van der Waals surface area contributed by atoms with Gasteiger partial charge in [0.25, 0.3) is 0 Å². The standard InChI is InChI=1S/C16H23BrClN3O3S/c1-16(2,3)11-19-15(22)20-6-8-21(9-7-20)25(23,24)14-5-4-12(17)10-13(14)18/h4-5,10H,6-9,11H2,1-3H3,(H,19,22). The van der Waals surface area contributed by atoms with Crippen LogP contribution in [0.5, 0.6) is 0 Å². The molecule has 9 heteroatoms. The summed E-state index contributed by atoms with van der Waals surface area (Å²) in [4.78, 5) is 13.9. The van der Waals surface area contributed by atoms with Crippen LogP contribution >= 0.6 is 27.5 Å². The van der Waals surface area contributed by atoms with Crippen molar-refractivity contribution in [1.82, 2.24) is 14.5 Å². The lowest BCUT2D eigenvalue weighted by Gasteiger charge is -2.34. The third-order valence-electron chi connectivity index (χ3n) is 3.81. The zero-order valence-electron chi connectivity index (χ0n) is 14.6. The molecule has 0 aromatic heterocycles. The maximum atomic E-state index is 12.8. The number of sulfonamides is 1. The molecular weight excluding hydrogens is 430 g/mol. The highest BCUT2D eigenvalue weighted by Crippen LogP contribution is 2.28. The number of carbonyl (C=O) groups excluding carboxylic acids is 1. The van der Waals surface area contributed by atoms with E-state index in [-0.39, 0.29) is 34.5 Å². The molecule has 1 heterocycles. The molecule has 25 heavy (non-hydrogen) atoms. The van der Waals surface area contributed by atoms with E-state index in [1.165, 1.54) is 10.4 Å². The zero-order valence-corrected chi connectivity index (χ0v) is 17.7. The monoisotopic (exact) mass is 451 g/mol. The highest BCUT2D eigenvalue weighted by atomic mass is 79.9. The summed E-state index contributed by atoms with van der Waals surface area (Å²) in [6.07, 6.45) is 0. The normalized spacial score (nSPS) is 16.8. The molecule has 140 valence electrons. The minimum absolute atomic E-state index is 0.000840. The third kappa shape index (κ3) is 5.32. The number of benzene rings is 1. The number of halogens is 2. The average Bonchev–Trinajstić information content (AvgIpc) is 2.51. The molecule has 0 saturated carbocycles. The lowest BCUT2D eigenvalue weighted by Crippen LogP contribution is -2.53. The lowest BCUT2D eigenvalue weighted by atomic mass is 9.97. The van der Waals surface area contributed by atoms with Gasteiger partial charge in [0, 0.05) is 37.2 Å². The quantitative estimate of drug-likeness (QED) is 0.766. The molecule has 0 spiro atoms.